The van der Waals surface area contributed by atoms with Gasteiger partial charge in [-0.25, -0.2) is 0 Å². The van der Waals surface area contributed by atoms with Crippen molar-refractivity contribution < 1.29 is 9.47 Å². The molecule has 100 valence electrons. The Hall–Kier alpha value is -2.57. The summed E-state index contributed by atoms with van der Waals surface area (Å²) in [5.41, 5.74) is 2.57. The summed E-state index contributed by atoms with van der Waals surface area (Å²) in [6.07, 6.45) is 3.97. The summed E-state index contributed by atoms with van der Waals surface area (Å²) < 4.78 is 10.2. The second-order valence-corrected chi connectivity index (χ2v) is 4.16. The van der Waals surface area contributed by atoms with Crippen LogP contribution in [-0.2, 0) is 4.74 Å². The van der Waals surface area contributed by atoms with Crippen molar-refractivity contribution in [1.29, 1.82) is 5.26 Å². The van der Waals surface area contributed by atoms with Crippen LogP contribution in [0.25, 0.3) is 12.2 Å². The largest absolute Gasteiger partial charge is 0.466 e. The van der Waals surface area contributed by atoms with Crippen molar-refractivity contribution in [2.24, 2.45) is 0 Å². The summed E-state index contributed by atoms with van der Waals surface area (Å²) in [4.78, 5) is 0. The van der Waals surface area contributed by atoms with Gasteiger partial charge in [0.2, 0.25) is 0 Å². The Bertz CT molecular complexity index is 627. The van der Waals surface area contributed by atoms with Gasteiger partial charge in [0.15, 0.2) is 6.79 Å². The summed E-state index contributed by atoms with van der Waals surface area (Å²) in [5, 5.41) is 9.13. The second kappa shape index (κ2) is 7.13. The quantitative estimate of drug-likeness (QED) is 0.611. The number of hydrogen-bond acceptors (Lipinski definition) is 3. The van der Waals surface area contributed by atoms with Crippen LogP contribution in [0.1, 0.15) is 16.7 Å². The van der Waals surface area contributed by atoms with E-state index in [9.17, 15) is 0 Å². The average molecular weight is 265 g/mol. The number of nitrogens with zero attached hydrogens (tertiary/aromatic N) is 1. The number of ether oxygens (including phenoxy) is 2. The third kappa shape index (κ3) is 3.71. The number of benzene rings is 2. The van der Waals surface area contributed by atoms with Gasteiger partial charge in [-0.05, 0) is 23.3 Å². The van der Waals surface area contributed by atoms with E-state index in [1.165, 1.54) is 0 Å². The molecule has 0 spiro atoms. The Balaban J connectivity index is 2.18. The lowest BCUT2D eigenvalue weighted by molar-refractivity contribution is 0.0509. The first-order chi connectivity index (χ1) is 9.83. The molecule has 0 radical (unpaired) electrons. The van der Waals surface area contributed by atoms with Crippen LogP contribution in [0.4, 0.5) is 0 Å². The van der Waals surface area contributed by atoms with Gasteiger partial charge in [0, 0.05) is 7.11 Å². The standard InChI is InChI=1S/C17H15NO2/c1-19-13-20-17-10-9-15(11-16(17)12-18)8-7-14-5-3-2-4-6-14/h2-11H,13H2,1H3/b8-7+. The van der Waals surface area contributed by atoms with Gasteiger partial charge >= 0.3 is 0 Å². The summed E-state index contributed by atoms with van der Waals surface area (Å²) >= 11 is 0. The van der Waals surface area contributed by atoms with E-state index in [4.69, 9.17) is 14.7 Å². The number of nitriles is 1. The van der Waals surface area contributed by atoms with Gasteiger partial charge in [-0.3, -0.25) is 0 Å². The molecule has 0 aliphatic heterocycles. The monoisotopic (exact) mass is 265 g/mol. The Labute approximate surface area is 118 Å². The smallest absolute Gasteiger partial charge is 0.188 e. The molecule has 0 saturated carbocycles. The predicted molar refractivity (Wildman–Crippen MR) is 79.0 cm³/mol. The Morgan fingerprint density at radius 3 is 2.50 bits per heavy atom. The van der Waals surface area contributed by atoms with Crippen molar-refractivity contribution in [2.75, 3.05) is 13.9 Å². The van der Waals surface area contributed by atoms with Crippen molar-refractivity contribution in [3.8, 4) is 11.8 Å². The first-order valence-electron chi connectivity index (χ1n) is 6.22. The number of methoxy groups -OCH3 is 1. The fourth-order valence-electron chi connectivity index (χ4n) is 1.74. The Kier molecular flexibility index (Phi) is 4.94. The minimum Gasteiger partial charge on any atom is -0.466 e. The molecule has 0 saturated heterocycles. The van der Waals surface area contributed by atoms with Crippen LogP contribution in [0.15, 0.2) is 48.5 Å². The van der Waals surface area contributed by atoms with Gasteiger partial charge in [0.25, 0.3) is 0 Å². The van der Waals surface area contributed by atoms with Crippen molar-refractivity contribution in [1.82, 2.24) is 0 Å². The summed E-state index contributed by atoms with van der Waals surface area (Å²) in [6.45, 7) is 0.133. The third-order valence-corrected chi connectivity index (χ3v) is 2.72. The number of hydrogen-bond donors (Lipinski definition) is 0. The highest BCUT2D eigenvalue weighted by Crippen LogP contribution is 2.20. The molecule has 0 aliphatic carbocycles. The predicted octanol–water partition coefficient (Wildman–Crippen LogP) is 3.71. The van der Waals surface area contributed by atoms with E-state index in [0.29, 0.717) is 11.3 Å². The lowest BCUT2D eigenvalue weighted by Gasteiger charge is -2.06. The van der Waals surface area contributed by atoms with Gasteiger partial charge in [-0.1, -0.05) is 48.6 Å². The highest BCUT2D eigenvalue weighted by molar-refractivity contribution is 5.70. The molecule has 2 aromatic rings. The van der Waals surface area contributed by atoms with E-state index >= 15 is 0 Å². The maximum absolute atomic E-state index is 9.13. The molecule has 3 heteroatoms. The van der Waals surface area contributed by atoms with E-state index in [-0.39, 0.29) is 6.79 Å². The van der Waals surface area contributed by atoms with E-state index < -0.39 is 0 Å². The molecule has 0 bridgehead atoms. The highest BCUT2D eigenvalue weighted by Gasteiger charge is 2.03. The van der Waals surface area contributed by atoms with Gasteiger partial charge in [0.1, 0.15) is 11.8 Å². The van der Waals surface area contributed by atoms with Gasteiger partial charge in [0.05, 0.1) is 5.56 Å². The average Bonchev–Trinajstić information content (AvgIpc) is 2.52. The molecule has 20 heavy (non-hydrogen) atoms. The lowest BCUT2D eigenvalue weighted by atomic mass is 10.1. The molecular weight excluding hydrogens is 250 g/mol. The minimum absolute atomic E-state index is 0.133. The first kappa shape index (κ1) is 13.9. The van der Waals surface area contributed by atoms with Crippen LogP contribution in [0, 0.1) is 11.3 Å². The first-order valence-corrected chi connectivity index (χ1v) is 6.22. The topological polar surface area (TPSA) is 42.2 Å². The molecule has 3 nitrogen and oxygen atoms in total. The van der Waals surface area contributed by atoms with E-state index in [1.54, 1.807) is 19.2 Å². The van der Waals surface area contributed by atoms with Crippen molar-refractivity contribution in [3.63, 3.8) is 0 Å². The zero-order chi connectivity index (χ0) is 14.2. The molecule has 0 fully saturated rings. The molecule has 0 aliphatic rings. The van der Waals surface area contributed by atoms with Gasteiger partial charge < -0.3 is 9.47 Å². The van der Waals surface area contributed by atoms with Crippen LogP contribution < -0.4 is 4.74 Å². The normalized spacial score (nSPS) is 10.4. The maximum atomic E-state index is 9.13. The van der Waals surface area contributed by atoms with Crippen LogP contribution >= 0.6 is 0 Å². The zero-order valence-electron chi connectivity index (χ0n) is 11.2. The summed E-state index contributed by atoms with van der Waals surface area (Å²) in [7, 11) is 1.54. The van der Waals surface area contributed by atoms with Gasteiger partial charge in [-0.2, -0.15) is 5.26 Å². The Morgan fingerprint density at radius 1 is 1.05 bits per heavy atom. The zero-order valence-corrected chi connectivity index (χ0v) is 11.2. The molecule has 0 amide bonds. The maximum Gasteiger partial charge on any atom is 0.188 e. The molecule has 0 unspecified atom stereocenters. The van der Waals surface area contributed by atoms with Crippen LogP contribution in [0.5, 0.6) is 5.75 Å². The summed E-state index contributed by atoms with van der Waals surface area (Å²) in [5.74, 6) is 0.534. The fourth-order valence-corrected chi connectivity index (χ4v) is 1.74. The Morgan fingerprint density at radius 2 is 1.80 bits per heavy atom. The third-order valence-electron chi connectivity index (χ3n) is 2.72. The molecule has 0 heterocycles. The van der Waals surface area contributed by atoms with E-state index in [1.807, 2.05) is 48.6 Å². The van der Waals surface area contributed by atoms with Crippen molar-refractivity contribution in [2.45, 2.75) is 0 Å². The number of rotatable bonds is 5. The molecule has 2 rings (SSSR count). The van der Waals surface area contributed by atoms with Crippen molar-refractivity contribution in [3.05, 3.63) is 65.2 Å². The molecule has 0 aromatic heterocycles. The van der Waals surface area contributed by atoms with E-state index in [0.717, 1.165) is 11.1 Å². The van der Waals surface area contributed by atoms with Crippen LogP contribution in [-0.4, -0.2) is 13.9 Å². The molecular formula is C17H15NO2. The van der Waals surface area contributed by atoms with Crippen LogP contribution in [0.3, 0.4) is 0 Å². The molecule has 0 N–H and O–H groups in total. The SMILES string of the molecule is COCOc1ccc(/C=C/c2ccccc2)cc1C#N. The summed E-state index contributed by atoms with van der Waals surface area (Å²) in [6, 6.07) is 17.6. The lowest BCUT2D eigenvalue weighted by Crippen LogP contribution is -2.00. The van der Waals surface area contributed by atoms with Crippen LogP contribution in [0.2, 0.25) is 0 Å². The minimum atomic E-state index is 0.133. The van der Waals surface area contributed by atoms with Gasteiger partial charge in [-0.15, -0.1) is 0 Å². The molecule has 2 aromatic carbocycles. The second-order valence-electron chi connectivity index (χ2n) is 4.16. The fraction of sp³-hybridized carbons (Fsp3) is 0.118. The van der Waals surface area contributed by atoms with Crippen molar-refractivity contribution >= 4 is 12.2 Å². The highest BCUT2D eigenvalue weighted by atomic mass is 16.7. The molecule has 0 atom stereocenters. The van der Waals surface area contributed by atoms with E-state index in [2.05, 4.69) is 6.07 Å².